The van der Waals surface area contributed by atoms with Crippen LogP contribution in [0.1, 0.15) is 5.69 Å². The van der Waals surface area contributed by atoms with Gasteiger partial charge in [0.05, 0.1) is 4.92 Å². The number of hydrogen-bond donors (Lipinski definition) is 1. The van der Waals surface area contributed by atoms with E-state index in [9.17, 15) is 20.0 Å². The van der Waals surface area contributed by atoms with E-state index in [-0.39, 0.29) is 11.5 Å². The van der Waals surface area contributed by atoms with Gasteiger partial charge in [-0.05, 0) is 6.92 Å². The molecule has 2 heterocycles. The Morgan fingerprint density at radius 1 is 1.63 bits per heavy atom. The molecule has 1 aromatic heterocycles. The third-order valence-electron chi connectivity index (χ3n) is 3.03. The highest BCUT2D eigenvalue weighted by Gasteiger charge is 2.36. The summed E-state index contributed by atoms with van der Waals surface area (Å²) in [5.74, 6) is 0.456. The van der Waals surface area contributed by atoms with E-state index in [1.807, 2.05) is 0 Å². The Labute approximate surface area is 113 Å². The van der Waals surface area contributed by atoms with E-state index in [4.69, 9.17) is 0 Å². The van der Waals surface area contributed by atoms with Crippen LogP contribution in [-0.2, 0) is 11.8 Å². The molecule has 1 saturated heterocycles. The lowest BCUT2D eigenvalue weighted by Crippen LogP contribution is -2.48. The lowest BCUT2D eigenvalue weighted by molar-refractivity contribution is -0.384. The minimum atomic E-state index is -0.972. The fraction of sp³-hybridized carbons (Fsp3) is 0.600. The van der Waals surface area contributed by atoms with Gasteiger partial charge in [-0.1, -0.05) is 0 Å². The van der Waals surface area contributed by atoms with Gasteiger partial charge in [0, 0.05) is 25.1 Å². The Morgan fingerprint density at radius 3 is 2.89 bits per heavy atom. The highest BCUT2D eigenvalue weighted by Crippen LogP contribution is 2.34. The molecule has 1 aromatic rings. The molecule has 2 rings (SSSR count). The highest BCUT2D eigenvalue weighted by atomic mass is 32.2. The molecule has 0 aromatic carbocycles. The van der Waals surface area contributed by atoms with Crippen LogP contribution in [0.25, 0.3) is 0 Å². The van der Waals surface area contributed by atoms with Gasteiger partial charge in [-0.3, -0.25) is 10.1 Å². The lowest BCUT2D eigenvalue weighted by Gasteiger charge is -2.33. The molecule has 19 heavy (non-hydrogen) atoms. The van der Waals surface area contributed by atoms with Gasteiger partial charge in [0.1, 0.15) is 11.7 Å². The molecule has 0 bridgehead atoms. The van der Waals surface area contributed by atoms with Gasteiger partial charge in [0.25, 0.3) is 0 Å². The van der Waals surface area contributed by atoms with Crippen molar-refractivity contribution in [2.75, 3.05) is 23.0 Å². The van der Waals surface area contributed by atoms with Crippen LogP contribution in [0, 0.1) is 17.0 Å². The summed E-state index contributed by atoms with van der Waals surface area (Å²) in [5, 5.41) is 24.4. The summed E-state index contributed by atoms with van der Waals surface area (Å²) in [5.41, 5.74) is 0.186. The molecule has 104 valence electrons. The number of nitro groups is 1. The first-order valence-electron chi connectivity index (χ1n) is 5.68. The van der Waals surface area contributed by atoms with E-state index >= 15 is 0 Å². The number of aliphatic carboxylic acids is 1. The maximum atomic E-state index is 11.3. The number of aromatic nitrogens is 2. The number of aryl methyl sites for hydroxylation is 2. The molecule has 1 fully saturated rings. The SMILES string of the molecule is Cc1nn(C)c(N2CCSCC2C(=O)O)c1[N+](=O)[O-]. The molecule has 0 saturated carbocycles. The normalized spacial score (nSPS) is 19.5. The number of carbonyl (C=O) groups is 1. The number of thioether (sulfide) groups is 1. The van der Waals surface area contributed by atoms with Crippen LogP contribution in [0.2, 0.25) is 0 Å². The van der Waals surface area contributed by atoms with Crippen LogP contribution in [0.5, 0.6) is 0 Å². The molecule has 8 nitrogen and oxygen atoms in total. The number of hydrogen-bond acceptors (Lipinski definition) is 6. The molecule has 1 N–H and O–H groups in total. The van der Waals surface area contributed by atoms with E-state index < -0.39 is 16.9 Å². The van der Waals surface area contributed by atoms with Crippen molar-refractivity contribution in [2.45, 2.75) is 13.0 Å². The fourth-order valence-corrected chi connectivity index (χ4v) is 3.27. The second-order valence-electron chi connectivity index (χ2n) is 4.26. The van der Waals surface area contributed by atoms with Crippen molar-refractivity contribution in [1.29, 1.82) is 0 Å². The third-order valence-corrected chi connectivity index (χ3v) is 4.05. The van der Waals surface area contributed by atoms with E-state index in [2.05, 4.69) is 5.10 Å². The van der Waals surface area contributed by atoms with Crippen LogP contribution in [0.4, 0.5) is 11.5 Å². The standard InChI is InChI=1S/C10H14N4O4S/c1-6-8(14(17)18)9(12(2)11-6)13-3-4-19-5-7(13)10(15)16/h7H,3-5H2,1-2H3,(H,15,16). The van der Waals surface area contributed by atoms with Gasteiger partial charge in [-0.15, -0.1) is 0 Å². The van der Waals surface area contributed by atoms with Crippen LogP contribution >= 0.6 is 11.8 Å². The van der Waals surface area contributed by atoms with Gasteiger partial charge < -0.3 is 10.0 Å². The Balaban J connectivity index is 2.50. The Kier molecular flexibility index (Phi) is 3.65. The zero-order valence-electron chi connectivity index (χ0n) is 10.6. The Bertz CT molecular complexity index is 530. The summed E-state index contributed by atoms with van der Waals surface area (Å²) in [7, 11) is 1.59. The van der Waals surface area contributed by atoms with Gasteiger partial charge in [-0.25, -0.2) is 9.48 Å². The molecule has 1 atom stereocenters. The first kappa shape index (κ1) is 13.7. The smallest absolute Gasteiger partial charge is 0.333 e. The van der Waals surface area contributed by atoms with Gasteiger partial charge in [0.2, 0.25) is 5.82 Å². The van der Waals surface area contributed by atoms with Crippen LogP contribution in [-0.4, -0.2) is 49.9 Å². The Hall–Kier alpha value is -1.77. The number of anilines is 1. The minimum Gasteiger partial charge on any atom is -0.480 e. The first-order valence-corrected chi connectivity index (χ1v) is 6.84. The second kappa shape index (κ2) is 5.08. The zero-order chi connectivity index (χ0) is 14.2. The monoisotopic (exact) mass is 286 g/mol. The average molecular weight is 286 g/mol. The van der Waals surface area contributed by atoms with Crippen molar-refractivity contribution in [3.63, 3.8) is 0 Å². The average Bonchev–Trinajstić information content (AvgIpc) is 2.64. The first-order chi connectivity index (χ1) is 8.93. The van der Waals surface area contributed by atoms with Crippen LogP contribution in [0.3, 0.4) is 0 Å². The maximum Gasteiger partial charge on any atom is 0.333 e. The number of rotatable bonds is 3. The molecule has 9 heteroatoms. The molecule has 0 spiro atoms. The molecule has 1 unspecified atom stereocenters. The summed E-state index contributed by atoms with van der Waals surface area (Å²) in [6.07, 6.45) is 0. The topological polar surface area (TPSA) is 102 Å². The van der Waals surface area contributed by atoms with Crippen molar-refractivity contribution in [3.8, 4) is 0 Å². The van der Waals surface area contributed by atoms with Crippen LogP contribution in [0.15, 0.2) is 0 Å². The van der Waals surface area contributed by atoms with Crippen molar-refractivity contribution in [3.05, 3.63) is 15.8 Å². The molecule has 0 aliphatic carbocycles. The number of carboxylic acids is 1. The summed E-state index contributed by atoms with van der Waals surface area (Å²) < 4.78 is 1.39. The third kappa shape index (κ3) is 2.37. The molecule has 1 aliphatic rings. The summed E-state index contributed by atoms with van der Waals surface area (Å²) >= 11 is 1.53. The van der Waals surface area contributed by atoms with Crippen molar-refractivity contribution in [2.24, 2.45) is 7.05 Å². The lowest BCUT2D eigenvalue weighted by atomic mass is 10.2. The van der Waals surface area contributed by atoms with Crippen molar-refractivity contribution >= 4 is 29.2 Å². The molecule has 1 aliphatic heterocycles. The summed E-state index contributed by atoms with van der Waals surface area (Å²) in [6, 6.07) is -0.757. The van der Waals surface area contributed by atoms with Gasteiger partial charge in [-0.2, -0.15) is 16.9 Å². The van der Waals surface area contributed by atoms with Gasteiger partial charge >= 0.3 is 11.7 Å². The van der Waals surface area contributed by atoms with E-state index in [1.165, 1.54) is 16.4 Å². The molecule has 0 radical (unpaired) electrons. The second-order valence-corrected chi connectivity index (χ2v) is 5.41. The highest BCUT2D eigenvalue weighted by molar-refractivity contribution is 7.99. The summed E-state index contributed by atoms with van der Waals surface area (Å²) in [4.78, 5) is 23.5. The summed E-state index contributed by atoms with van der Waals surface area (Å²) in [6.45, 7) is 2.01. The quantitative estimate of drug-likeness (QED) is 0.642. The van der Waals surface area contributed by atoms with Gasteiger partial charge in [0.15, 0.2) is 0 Å². The predicted octanol–water partition coefficient (Wildman–Crippen LogP) is 0.643. The number of carboxylic acid groups (broad SMARTS) is 1. The van der Waals surface area contributed by atoms with E-state index in [0.29, 0.717) is 18.0 Å². The van der Waals surface area contributed by atoms with Crippen LogP contribution < -0.4 is 4.90 Å². The molecule has 0 amide bonds. The molecular formula is C10H14N4O4S. The maximum absolute atomic E-state index is 11.3. The minimum absolute atomic E-state index is 0.111. The molecular weight excluding hydrogens is 272 g/mol. The van der Waals surface area contributed by atoms with E-state index in [0.717, 1.165) is 5.75 Å². The predicted molar refractivity (Wildman–Crippen MR) is 70.7 cm³/mol. The van der Waals surface area contributed by atoms with Crippen molar-refractivity contribution < 1.29 is 14.8 Å². The zero-order valence-corrected chi connectivity index (χ0v) is 11.4. The van der Waals surface area contributed by atoms with E-state index in [1.54, 1.807) is 18.9 Å². The largest absolute Gasteiger partial charge is 0.480 e. The van der Waals surface area contributed by atoms with Crippen molar-refractivity contribution in [1.82, 2.24) is 9.78 Å². The Morgan fingerprint density at radius 2 is 2.32 bits per heavy atom. The number of nitrogens with zero attached hydrogens (tertiary/aromatic N) is 4. The fourth-order valence-electron chi connectivity index (χ4n) is 2.23.